The van der Waals surface area contributed by atoms with Crippen molar-refractivity contribution in [2.24, 2.45) is 5.84 Å². The van der Waals surface area contributed by atoms with E-state index >= 15 is 0 Å². The zero-order valence-electron chi connectivity index (χ0n) is 9.41. The highest BCUT2D eigenvalue weighted by Crippen LogP contribution is 2.23. The molecule has 2 aromatic rings. The number of hydrazine groups is 1. The summed E-state index contributed by atoms with van der Waals surface area (Å²) in [6.07, 6.45) is 5.26. The lowest BCUT2D eigenvalue weighted by atomic mass is 10.4. The second kappa shape index (κ2) is 5.47. The van der Waals surface area contributed by atoms with Gasteiger partial charge in [-0.3, -0.25) is 15.1 Å². The number of anilines is 2. The molecule has 0 fully saturated rings. The zero-order valence-corrected chi connectivity index (χ0v) is 11.8. The molecule has 4 N–H and O–H groups in total. The van der Waals surface area contributed by atoms with Crippen molar-refractivity contribution in [1.82, 2.24) is 15.0 Å². The Bertz CT molecular complexity index is 675. The van der Waals surface area contributed by atoms with Crippen LogP contribution in [0.3, 0.4) is 0 Å². The van der Waals surface area contributed by atoms with Crippen LogP contribution in [0.4, 0.5) is 11.6 Å². The van der Waals surface area contributed by atoms with Crippen molar-refractivity contribution in [3.63, 3.8) is 0 Å². The first-order valence-corrected chi connectivity index (χ1v) is 7.21. The van der Waals surface area contributed by atoms with E-state index in [1.807, 2.05) is 0 Å². The number of nitrogens with two attached hydrogens (primary N) is 1. The van der Waals surface area contributed by atoms with Crippen molar-refractivity contribution in [2.75, 3.05) is 10.1 Å². The standard InChI is InChI=1S/C9H9BrN6O2S/c10-7-5-12-2-1-8(7)16-19(17,18)6-3-13-9(15-11)14-4-6/h1-5H,11H2,(H,12,16)(H,13,14,15). The molecule has 0 atom stereocenters. The van der Waals surface area contributed by atoms with Crippen LogP contribution in [-0.4, -0.2) is 23.4 Å². The van der Waals surface area contributed by atoms with Gasteiger partial charge in [0.1, 0.15) is 4.90 Å². The molecule has 8 nitrogen and oxygen atoms in total. The Hall–Kier alpha value is -1.78. The quantitative estimate of drug-likeness (QED) is 0.551. The molecule has 0 aliphatic rings. The monoisotopic (exact) mass is 344 g/mol. The van der Waals surface area contributed by atoms with Gasteiger partial charge >= 0.3 is 0 Å². The Labute approximate surface area is 117 Å². The Balaban J connectivity index is 2.30. The summed E-state index contributed by atoms with van der Waals surface area (Å²) in [4.78, 5) is 11.2. The maximum absolute atomic E-state index is 12.1. The average molecular weight is 345 g/mol. The third-order valence-corrected chi connectivity index (χ3v) is 4.04. The van der Waals surface area contributed by atoms with Crippen LogP contribution in [0.5, 0.6) is 0 Å². The van der Waals surface area contributed by atoms with E-state index in [-0.39, 0.29) is 10.8 Å². The molecule has 2 rings (SSSR count). The zero-order chi connectivity index (χ0) is 13.9. The molecular weight excluding hydrogens is 336 g/mol. The van der Waals surface area contributed by atoms with Crippen LogP contribution < -0.4 is 16.0 Å². The van der Waals surface area contributed by atoms with Gasteiger partial charge in [-0.1, -0.05) is 0 Å². The number of pyridine rings is 1. The summed E-state index contributed by atoms with van der Waals surface area (Å²) in [5, 5.41) is 0. The van der Waals surface area contributed by atoms with Crippen LogP contribution in [0.15, 0.2) is 40.2 Å². The van der Waals surface area contributed by atoms with E-state index in [9.17, 15) is 8.42 Å². The molecule has 0 saturated heterocycles. The van der Waals surface area contributed by atoms with Crippen molar-refractivity contribution in [2.45, 2.75) is 4.90 Å². The second-order valence-electron chi connectivity index (χ2n) is 3.35. The minimum absolute atomic E-state index is 0.0739. The fourth-order valence-electron chi connectivity index (χ4n) is 1.19. The molecule has 0 aromatic carbocycles. The second-order valence-corrected chi connectivity index (χ2v) is 5.88. The van der Waals surface area contributed by atoms with Crippen LogP contribution >= 0.6 is 15.9 Å². The van der Waals surface area contributed by atoms with Gasteiger partial charge < -0.3 is 0 Å². The summed E-state index contributed by atoms with van der Waals surface area (Å²) in [5.41, 5.74) is 2.58. The van der Waals surface area contributed by atoms with E-state index in [1.54, 1.807) is 0 Å². The Morgan fingerprint density at radius 3 is 2.47 bits per heavy atom. The first kappa shape index (κ1) is 13.6. The first-order valence-electron chi connectivity index (χ1n) is 4.94. The van der Waals surface area contributed by atoms with Gasteiger partial charge in [-0.15, -0.1) is 0 Å². The normalized spacial score (nSPS) is 11.1. The van der Waals surface area contributed by atoms with Gasteiger partial charge in [-0.25, -0.2) is 24.2 Å². The third kappa shape index (κ3) is 3.16. The predicted molar refractivity (Wildman–Crippen MR) is 72.6 cm³/mol. The number of sulfonamides is 1. The van der Waals surface area contributed by atoms with E-state index in [1.165, 1.54) is 18.5 Å². The van der Waals surface area contributed by atoms with Gasteiger partial charge in [0.15, 0.2) is 0 Å². The summed E-state index contributed by atoms with van der Waals surface area (Å²) in [6, 6.07) is 1.53. The van der Waals surface area contributed by atoms with Crippen molar-refractivity contribution >= 4 is 37.6 Å². The Morgan fingerprint density at radius 2 is 1.89 bits per heavy atom. The average Bonchev–Trinajstić information content (AvgIpc) is 2.41. The third-order valence-electron chi connectivity index (χ3n) is 2.08. The largest absolute Gasteiger partial charge is 0.292 e. The smallest absolute Gasteiger partial charge is 0.265 e. The van der Waals surface area contributed by atoms with Gasteiger partial charge in [-0.2, -0.15) is 0 Å². The summed E-state index contributed by atoms with van der Waals surface area (Å²) in [6.45, 7) is 0. The number of halogens is 1. The Morgan fingerprint density at radius 1 is 1.21 bits per heavy atom. The molecule has 100 valence electrons. The Kier molecular flexibility index (Phi) is 3.93. The highest BCUT2D eigenvalue weighted by Gasteiger charge is 2.16. The lowest BCUT2D eigenvalue weighted by Crippen LogP contribution is -2.15. The van der Waals surface area contributed by atoms with Gasteiger partial charge in [-0.05, 0) is 22.0 Å². The van der Waals surface area contributed by atoms with Crippen LogP contribution in [0.2, 0.25) is 0 Å². The van der Waals surface area contributed by atoms with Gasteiger partial charge in [0.05, 0.1) is 22.6 Å². The van der Waals surface area contributed by atoms with E-state index in [0.29, 0.717) is 10.2 Å². The fourth-order valence-corrected chi connectivity index (χ4v) is 2.64. The number of aromatic nitrogens is 3. The van der Waals surface area contributed by atoms with E-state index in [2.05, 4.69) is 41.0 Å². The highest BCUT2D eigenvalue weighted by molar-refractivity contribution is 9.10. The fraction of sp³-hybridized carbons (Fsp3) is 0. The number of nitrogens with zero attached hydrogens (tertiary/aromatic N) is 3. The molecule has 0 saturated carbocycles. The number of nitrogen functional groups attached to an aromatic ring is 1. The maximum Gasteiger partial charge on any atom is 0.265 e. The molecule has 0 amide bonds. The van der Waals surface area contributed by atoms with Crippen molar-refractivity contribution in [3.8, 4) is 0 Å². The summed E-state index contributed by atoms with van der Waals surface area (Å²) < 4.78 is 27.1. The molecule has 0 spiro atoms. The van der Waals surface area contributed by atoms with Crippen molar-refractivity contribution in [1.29, 1.82) is 0 Å². The highest BCUT2D eigenvalue weighted by atomic mass is 79.9. The molecule has 2 heterocycles. The van der Waals surface area contributed by atoms with E-state index < -0.39 is 10.0 Å². The molecule has 19 heavy (non-hydrogen) atoms. The predicted octanol–water partition coefficient (Wildman–Crippen LogP) is 0.720. The molecule has 0 aliphatic carbocycles. The number of nitrogens with one attached hydrogen (secondary N) is 2. The van der Waals surface area contributed by atoms with Gasteiger partial charge in [0, 0.05) is 12.4 Å². The molecule has 0 radical (unpaired) electrons. The molecule has 0 unspecified atom stereocenters. The molecule has 0 aliphatic heterocycles. The van der Waals surface area contributed by atoms with E-state index in [0.717, 1.165) is 12.4 Å². The van der Waals surface area contributed by atoms with Crippen LogP contribution in [0.25, 0.3) is 0 Å². The number of hydrogen-bond donors (Lipinski definition) is 3. The van der Waals surface area contributed by atoms with Crippen molar-refractivity contribution < 1.29 is 8.42 Å². The summed E-state index contributed by atoms with van der Waals surface area (Å²) >= 11 is 3.20. The first-order chi connectivity index (χ1) is 9.03. The minimum Gasteiger partial charge on any atom is -0.292 e. The van der Waals surface area contributed by atoms with Gasteiger partial charge in [0.2, 0.25) is 5.95 Å². The van der Waals surface area contributed by atoms with Gasteiger partial charge in [0.25, 0.3) is 10.0 Å². The maximum atomic E-state index is 12.1. The summed E-state index contributed by atoms with van der Waals surface area (Å²) in [5.74, 6) is 5.23. The van der Waals surface area contributed by atoms with E-state index in [4.69, 9.17) is 5.84 Å². The molecular formula is C9H9BrN6O2S. The topological polar surface area (TPSA) is 123 Å². The minimum atomic E-state index is -3.76. The van der Waals surface area contributed by atoms with Crippen LogP contribution in [0, 0.1) is 0 Å². The number of rotatable bonds is 4. The number of hydrogen-bond acceptors (Lipinski definition) is 7. The van der Waals surface area contributed by atoms with Crippen LogP contribution in [0.1, 0.15) is 0 Å². The molecule has 0 bridgehead atoms. The SMILES string of the molecule is NNc1ncc(S(=O)(=O)Nc2ccncc2Br)cn1. The lowest BCUT2D eigenvalue weighted by molar-refractivity contribution is 0.600. The van der Waals surface area contributed by atoms with Crippen molar-refractivity contribution in [3.05, 3.63) is 35.3 Å². The van der Waals surface area contributed by atoms with Crippen LogP contribution in [-0.2, 0) is 10.0 Å². The lowest BCUT2D eigenvalue weighted by Gasteiger charge is -2.08. The summed E-state index contributed by atoms with van der Waals surface area (Å²) in [7, 11) is -3.76. The molecule has 2 aromatic heterocycles. The molecule has 10 heteroatoms.